The van der Waals surface area contributed by atoms with Crippen molar-refractivity contribution in [3.05, 3.63) is 90.0 Å². The van der Waals surface area contributed by atoms with Crippen molar-refractivity contribution < 1.29 is 23.5 Å². The third-order valence-corrected chi connectivity index (χ3v) is 6.61. The predicted molar refractivity (Wildman–Crippen MR) is 123 cm³/mol. The number of amides is 3. The number of hydrogen-bond donors (Lipinski definition) is 2. The van der Waals surface area contributed by atoms with Crippen molar-refractivity contribution in [3.8, 4) is 11.1 Å². The molecule has 3 aromatic carbocycles. The normalized spacial score (nSPS) is 21.6. The van der Waals surface area contributed by atoms with E-state index in [1.165, 1.54) is 41.3 Å². The summed E-state index contributed by atoms with van der Waals surface area (Å²) in [4.78, 5) is 28.7. The molecule has 0 radical (unpaired) electrons. The standard InChI is InChI=1S/C26H23F2N3O3/c27-19-7-5-17(6-8-19)16-1-3-18(4-2-16)25-22-13-30(14-24(33)31(22)23(25)15-32)26(34)29-21-11-9-20(28)10-12-21/h1-12,22-23,25,32H,13-15H2,(H,29,34)/t22-,23-,25-/m0/s1. The molecule has 0 aromatic heterocycles. The molecule has 0 bridgehead atoms. The largest absolute Gasteiger partial charge is 0.394 e. The van der Waals surface area contributed by atoms with Gasteiger partial charge in [-0.2, -0.15) is 0 Å². The number of rotatable bonds is 4. The number of carbonyl (C=O) groups is 2. The van der Waals surface area contributed by atoms with Gasteiger partial charge in [0.25, 0.3) is 0 Å². The molecule has 5 rings (SSSR count). The molecule has 174 valence electrons. The third-order valence-electron chi connectivity index (χ3n) is 6.61. The molecule has 3 amide bonds. The minimum absolute atomic E-state index is 0.0871. The van der Waals surface area contributed by atoms with Crippen molar-refractivity contribution in [1.29, 1.82) is 0 Å². The van der Waals surface area contributed by atoms with Crippen LogP contribution in [0.4, 0.5) is 19.3 Å². The van der Waals surface area contributed by atoms with Crippen LogP contribution in [0.2, 0.25) is 0 Å². The lowest BCUT2D eigenvalue weighted by molar-refractivity contribution is -0.159. The zero-order valence-electron chi connectivity index (χ0n) is 18.2. The molecule has 2 fully saturated rings. The van der Waals surface area contributed by atoms with Gasteiger partial charge in [0.2, 0.25) is 5.91 Å². The number of carbonyl (C=O) groups excluding carboxylic acids is 2. The summed E-state index contributed by atoms with van der Waals surface area (Å²) in [6.45, 7) is 0.0598. The van der Waals surface area contributed by atoms with Crippen LogP contribution >= 0.6 is 0 Å². The van der Waals surface area contributed by atoms with Gasteiger partial charge in [0.05, 0.1) is 18.7 Å². The predicted octanol–water partition coefficient (Wildman–Crippen LogP) is 3.83. The number of urea groups is 1. The lowest BCUT2D eigenvalue weighted by Gasteiger charge is -2.58. The van der Waals surface area contributed by atoms with Gasteiger partial charge in [-0.15, -0.1) is 0 Å². The Bertz CT molecular complexity index is 1200. The maximum absolute atomic E-state index is 13.2. The molecule has 6 nitrogen and oxygen atoms in total. The maximum atomic E-state index is 13.2. The Hall–Kier alpha value is -3.78. The maximum Gasteiger partial charge on any atom is 0.322 e. The van der Waals surface area contributed by atoms with E-state index in [1.807, 2.05) is 24.3 Å². The number of nitrogens with one attached hydrogen (secondary N) is 1. The highest BCUT2D eigenvalue weighted by molar-refractivity contribution is 5.93. The van der Waals surface area contributed by atoms with Crippen molar-refractivity contribution >= 4 is 17.6 Å². The molecule has 0 aliphatic carbocycles. The van der Waals surface area contributed by atoms with Crippen molar-refractivity contribution in [2.45, 2.75) is 18.0 Å². The molecule has 0 unspecified atom stereocenters. The van der Waals surface area contributed by atoms with Gasteiger partial charge >= 0.3 is 6.03 Å². The minimum atomic E-state index is -0.433. The van der Waals surface area contributed by atoms with Gasteiger partial charge in [-0.3, -0.25) is 4.79 Å². The summed E-state index contributed by atoms with van der Waals surface area (Å²) in [5.74, 6) is -1.04. The van der Waals surface area contributed by atoms with Crippen LogP contribution < -0.4 is 5.32 Å². The molecule has 3 aromatic rings. The summed E-state index contributed by atoms with van der Waals surface area (Å²) in [5.41, 5.74) is 3.22. The van der Waals surface area contributed by atoms with Crippen LogP contribution in [0, 0.1) is 11.6 Å². The van der Waals surface area contributed by atoms with Crippen LogP contribution in [0.3, 0.4) is 0 Å². The summed E-state index contributed by atoms with van der Waals surface area (Å²) in [7, 11) is 0. The molecule has 3 atom stereocenters. The zero-order valence-corrected chi connectivity index (χ0v) is 18.2. The first-order valence-corrected chi connectivity index (χ1v) is 11.0. The number of anilines is 1. The Morgan fingerprint density at radius 3 is 2.06 bits per heavy atom. The Morgan fingerprint density at radius 2 is 1.47 bits per heavy atom. The molecule has 8 heteroatoms. The van der Waals surface area contributed by atoms with E-state index in [1.54, 1.807) is 17.0 Å². The smallest absolute Gasteiger partial charge is 0.322 e. The van der Waals surface area contributed by atoms with Gasteiger partial charge < -0.3 is 20.2 Å². The monoisotopic (exact) mass is 463 g/mol. The molecular weight excluding hydrogens is 440 g/mol. The Kier molecular flexibility index (Phi) is 5.75. The highest BCUT2D eigenvalue weighted by Gasteiger charge is 2.54. The van der Waals surface area contributed by atoms with E-state index in [0.717, 1.165) is 16.7 Å². The molecule has 0 saturated carbocycles. The second-order valence-electron chi connectivity index (χ2n) is 8.59. The Balaban J connectivity index is 1.33. The molecule has 34 heavy (non-hydrogen) atoms. The summed E-state index contributed by atoms with van der Waals surface area (Å²) < 4.78 is 26.4. The van der Waals surface area contributed by atoms with Gasteiger partial charge in [0.1, 0.15) is 18.2 Å². The topological polar surface area (TPSA) is 72.9 Å². The van der Waals surface area contributed by atoms with E-state index in [-0.39, 0.29) is 42.9 Å². The average molecular weight is 463 g/mol. The average Bonchev–Trinajstić information content (AvgIpc) is 2.83. The fourth-order valence-electron chi connectivity index (χ4n) is 4.93. The molecule has 2 aliphatic rings. The van der Waals surface area contributed by atoms with Crippen molar-refractivity contribution in [2.75, 3.05) is 25.0 Å². The number of halogens is 2. The van der Waals surface area contributed by atoms with Crippen molar-refractivity contribution in [2.24, 2.45) is 0 Å². The first-order chi connectivity index (χ1) is 16.4. The summed E-state index contributed by atoms with van der Waals surface area (Å²) in [6.07, 6.45) is 0. The van der Waals surface area contributed by atoms with Crippen molar-refractivity contribution in [1.82, 2.24) is 9.80 Å². The summed E-state index contributed by atoms with van der Waals surface area (Å²) >= 11 is 0. The zero-order chi connectivity index (χ0) is 23.8. The van der Waals surface area contributed by atoms with Gasteiger partial charge in [0, 0.05) is 18.2 Å². The van der Waals surface area contributed by atoms with Crippen LogP contribution in [0.1, 0.15) is 11.5 Å². The van der Waals surface area contributed by atoms with E-state index >= 15 is 0 Å². The molecule has 2 N–H and O–H groups in total. The summed E-state index contributed by atoms with van der Waals surface area (Å²) in [6, 6.07) is 18.4. The van der Waals surface area contributed by atoms with Crippen molar-refractivity contribution in [3.63, 3.8) is 0 Å². The second kappa shape index (κ2) is 8.87. The lowest BCUT2D eigenvalue weighted by atomic mass is 9.73. The third kappa shape index (κ3) is 4.01. The number of piperazine rings is 1. The van der Waals surface area contributed by atoms with E-state index in [9.17, 15) is 23.5 Å². The fourth-order valence-corrected chi connectivity index (χ4v) is 4.93. The van der Waals surface area contributed by atoms with E-state index in [2.05, 4.69) is 5.32 Å². The van der Waals surface area contributed by atoms with Crippen LogP contribution in [0.5, 0.6) is 0 Å². The SMILES string of the molecule is O=C(Nc1ccc(F)cc1)N1CC(=O)N2[C@@H](CO)[C@@H](c3ccc(-c4ccc(F)cc4)cc3)[C@@H]2C1. The Morgan fingerprint density at radius 1 is 0.912 bits per heavy atom. The van der Waals surface area contributed by atoms with E-state index in [0.29, 0.717) is 12.2 Å². The first-order valence-electron chi connectivity index (χ1n) is 11.0. The molecular formula is C26H23F2N3O3. The summed E-state index contributed by atoms with van der Waals surface area (Å²) in [5, 5.41) is 12.7. The quantitative estimate of drug-likeness (QED) is 0.618. The van der Waals surface area contributed by atoms with Crippen LogP contribution in [0.15, 0.2) is 72.8 Å². The fraction of sp³-hybridized carbons (Fsp3) is 0.231. The second-order valence-corrected chi connectivity index (χ2v) is 8.59. The van der Waals surface area contributed by atoms with Gasteiger partial charge in [-0.05, 0) is 53.1 Å². The first kappa shape index (κ1) is 22.0. The van der Waals surface area contributed by atoms with Crippen LogP contribution in [-0.2, 0) is 4.79 Å². The molecule has 2 saturated heterocycles. The number of fused-ring (bicyclic) bond motifs is 1. The van der Waals surface area contributed by atoms with E-state index in [4.69, 9.17) is 0 Å². The molecule has 2 aliphatic heterocycles. The number of aliphatic hydroxyl groups is 1. The van der Waals surface area contributed by atoms with Gasteiger partial charge in [0.15, 0.2) is 0 Å². The van der Waals surface area contributed by atoms with Crippen LogP contribution in [0.25, 0.3) is 11.1 Å². The van der Waals surface area contributed by atoms with Crippen LogP contribution in [-0.4, -0.2) is 58.6 Å². The highest BCUT2D eigenvalue weighted by Crippen LogP contribution is 2.43. The highest BCUT2D eigenvalue weighted by atomic mass is 19.1. The van der Waals surface area contributed by atoms with Gasteiger partial charge in [-0.1, -0.05) is 36.4 Å². The lowest BCUT2D eigenvalue weighted by Crippen LogP contribution is -2.73. The molecule has 0 spiro atoms. The molecule has 2 heterocycles. The number of aliphatic hydroxyl groups excluding tert-OH is 1. The number of hydrogen-bond acceptors (Lipinski definition) is 3. The Labute approximate surface area is 195 Å². The number of benzene rings is 3. The number of nitrogens with zero attached hydrogens (tertiary/aromatic N) is 2. The minimum Gasteiger partial charge on any atom is -0.394 e. The van der Waals surface area contributed by atoms with Gasteiger partial charge in [-0.25, -0.2) is 13.6 Å². The van der Waals surface area contributed by atoms with E-state index < -0.39 is 11.8 Å².